The number of anilines is 3. The summed E-state index contributed by atoms with van der Waals surface area (Å²) in [6, 6.07) is 5.89. The molecule has 0 saturated carbocycles. The number of aryl methyl sites for hydroxylation is 2. The Morgan fingerprint density at radius 1 is 1.16 bits per heavy atom. The maximum atomic E-state index is 5.20. The van der Waals surface area contributed by atoms with Gasteiger partial charge in [-0.3, -0.25) is 0 Å². The Morgan fingerprint density at radius 2 is 1.95 bits per heavy atom. The fourth-order valence-electron chi connectivity index (χ4n) is 1.72. The highest BCUT2D eigenvalue weighted by Crippen LogP contribution is 2.25. The molecular formula is C14H18N4O. The van der Waals surface area contributed by atoms with Crippen molar-refractivity contribution in [3.63, 3.8) is 0 Å². The highest BCUT2D eigenvalue weighted by Gasteiger charge is 2.06. The van der Waals surface area contributed by atoms with E-state index in [0.717, 1.165) is 28.4 Å². The maximum absolute atomic E-state index is 5.20. The van der Waals surface area contributed by atoms with Crippen molar-refractivity contribution in [3.8, 4) is 5.75 Å². The van der Waals surface area contributed by atoms with Crippen LogP contribution in [-0.2, 0) is 0 Å². The molecule has 0 aliphatic heterocycles. The zero-order chi connectivity index (χ0) is 13.8. The van der Waals surface area contributed by atoms with Gasteiger partial charge < -0.3 is 15.4 Å². The minimum atomic E-state index is 0.597. The van der Waals surface area contributed by atoms with Gasteiger partial charge in [-0.2, -0.15) is 4.98 Å². The zero-order valence-corrected chi connectivity index (χ0v) is 11.6. The normalized spacial score (nSPS) is 10.1. The molecule has 0 atom stereocenters. The lowest BCUT2D eigenvalue weighted by Gasteiger charge is -2.12. The number of nitrogens with one attached hydrogen (secondary N) is 2. The number of aromatic nitrogens is 2. The van der Waals surface area contributed by atoms with Crippen molar-refractivity contribution in [2.24, 2.45) is 0 Å². The van der Waals surface area contributed by atoms with Crippen LogP contribution in [0.15, 0.2) is 24.4 Å². The fraction of sp³-hybridized carbons (Fsp3) is 0.286. The van der Waals surface area contributed by atoms with Gasteiger partial charge in [-0.1, -0.05) is 0 Å². The van der Waals surface area contributed by atoms with Crippen LogP contribution >= 0.6 is 0 Å². The second-order valence-corrected chi connectivity index (χ2v) is 4.28. The van der Waals surface area contributed by atoms with Gasteiger partial charge in [0.25, 0.3) is 0 Å². The van der Waals surface area contributed by atoms with Crippen molar-refractivity contribution < 1.29 is 4.74 Å². The number of ether oxygens (including phenoxy) is 1. The molecule has 0 unspecified atom stereocenters. The molecule has 1 aromatic carbocycles. The molecule has 0 aliphatic carbocycles. The van der Waals surface area contributed by atoms with Crippen LogP contribution in [0.2, 0.25) is 0 Å². The molecule has 0 aliphatic rings. The van der Waals surface area contributed by atoms with E-state index in [9.17, 15) is 0 Å². The smallest absolute Gasteiger partial charge is 0.224 e. The predicted octanol–water partition coefficient (Wildman–Crippen LogP) is 2.89. The number of hydrogen-bond donors (Lipinski definition) is 2. The highest BCUT2D eigenvalue weighted by molar-refractivity contribution is 5.64. The number of nitrogens with zero attached hydrogens (tertiary/aromatic N) is 2. The average Bonchev–Trinajstić information content (AvgIpc) is 2.43. The van der Waals surface area contributed by atoms with E-state index in [1.807, 2.05) is 32.0 Å². The van der Waals surface area contributed by atoms with Crippen LogP contribution in [0.25, 0.3) is 0 Å². The lowest BCUT2D eigenvalue weighted by atomic mass is 10.2. The summed E-state index contributed by atoms with van der Waals surface area (Å²) in [6.07, 6.45) is 1.79. The van der Waals surface area contributed by atoms with E-state index < -0.39 is 0 Å². The van der Waals surface area contributed by atoms with E-state index in [4.69, 9.17) is 4.74 Å². The molecule has 5 nitrogen and oxygen atoms in total. The standard InChI is InChI=1S/C14H18N4O/c1-9-7-11(19-4)5-6-12(9)17-13-10(2)8-16-14(15-3)18-13/h5-8H,1-4H3,(H2,15,16,17,18). The lowest BCUT2D eigenvalue weighted by molar-refractivity contribution is 0.414. The van der Waals surface area contributed by atoms with Gasteiger partial charge in [-0.25, -0.2) is 4.98 Å². The Labute approximate surface area is 113 Å². The van der Waals surface area contributed by atoms with E-state index in [1.165, 1.54) is 0 Å². The predicted molar refractivity (Wildman–Crippen MR) is 77.3 cm³/mol. The van der Waals surface area contributed by atoms with Crippen molar-refractivity contribution in [2.75, 3.05) is 24.8 Å². The van der Waals surface area contributed by atoms with Crippen LogP contribution in [0.5, 0.6) is 5.75 Å². The third-order valence-corrected chi connectivity index (χ3v) is 2.88. The second-order valence-electron chi connectivity index (χ2n) is 4.28. The number of benzene rings is 1. The van der Waals surface area contributed by atoms with E-state index in [2.05, 4.69) is 20.6 Å². The van der Waals surface area contributed by atoms with Gasteiger partial charge in [0.15, 0.2) is 0 Å². The van der Waals surface area contributed by atoms with Crippen LogP contribution < -0.4 is 15.4 Å². The largest absolute Gasteiger partial charge is 0.497 e. The average molecular weight is 258 g/mol. The first-order valence-electron chi connectivity index (χ1n) is 6.07. The molecule has 0 fully saturated rings. The van der Waals surface area contributed by atoms with E-state index in [-0.39, 0.29) is 0 Å². The molecule has 0 spiro atoms. The van der Waals surface area contributed by atoms with Gasteiger partial charge in [0.1, 0.15) is 11.6 Å². The third kappa shape index (κ3) is 2.93. The van der Waals surface area contributed by atoms with Gasteiger partial charge in [0.05, 0.1) is 7.11 Å². The topological polar surface area (TPSA) is 59.1 Å². The Balaban J connectivity index is 2.30. The molecule has 100 valence electrons. The Bertz CT molecular complexity index is 584. The van der Waals surface area contributed by atoms with E-state index >= 15 is 0 Å². The molecular weight excluding hydrogens is 240 g/mol. The van der Waals surface area contributed by atoms with Crippen molar-refractivity contribution in [2.45, 2.75) is 13.8 Å². The van der Waals surface area contributed by atoms with Crippen LogP contribution in [0.3, 0.4) is 0 Å². The van der Waals surface area contributed by atoms with Gasteiger partial charge in [-0.15, -0.1) is 0 Å². The van der Waals surface area contributed by atoms with Crippen molar-refractivity contribution in [1.29, 1.82) is 0 Å². The van der Waals surface area contributed by atoms with E-state index in [0.29, 0.717) is 5.95 Å². The van der Waals surface area contributed by atoms with Crippen LogP contribution in [0, 0.1) is 13.8 Å². The summed E-state index contributed by atoms with van der Waals surface area (Å²) in [5.74, 6) is 2.24. The number of rotatable bonds is 4. The highest BCUT2D eigenvalue weighted by atomic mass is 16.5. The molecule has 2 aromatic rings. The summed E-state index contributed by atoms with van der Waals surface area (Å²) in [7, 11) is 3.46. The van der Waals surface area contributed by atoms with Gasteiger partial charge >= 0.3 is 0 Å². The summed E-state index contributed by atoms with van der Waals surface area (Å²) >= 11 is 0. The van der Waals surface area contributed by atoms with Crippen LogP contribution in [0.4, 0.5) is 17.5 Å². The zero-order valence-electron chi connectivity index (χ0n) is 11.6. The van der Waals surface area contributed by atoms with Crippen LogP contribution in [-0.4, -0.2) is 24.1 Å². The summed E-state index contributed by atoms with van der Waals surface area (Å²) in [6.45, 7) is 4.00. The van der Waals surface area contributed by atoms with Gasteiger partial charge in [-0.05, 0) is 37.6 Å². The summed E-state index contributed by atoms with van der Waals surface area (Å²) < 4.78 is 5.20. The molecule has 2 rings (SSSR count). The van der Waals surface area contributed by atoms with E-state index in [1.54, 1.807) is 20.4 Å². The molecule has 5 heteroatoms. The molecule has 0 bridgehead atoms. The molecule has 0 saturated heterocycles. The molecule has 1 aromatic heterocycles. The van der Waals surface area contributed by atoms with Crippen molar-refractivity contribution in [3.05, 3.63) is 35.5 Å². The number of methoxy groups -OCH3 is 1. The first-order chi connectivity index (χ1) is 9.13. The van der Waals surface area contributed by atoms with Crippen LogP contribution in [0.1, 0.15) is 11.1 Å². The Hall–Kier alpha value is -2.30. The summed E-state index contributed by atoms with van der Waals surface area (Å²) in [5.41, 5.74) is 3.10. The molecule has 0 radical (unpaired) electrons. The number of hydrogen-bond acceptors (Lipinski definition) is 5. The summed E-state index contributed by atoms with van der Waals surface area (Å²) in [5, 5.41) is 6.25. The minimum Gasteiger partial charge on any atom is -0.497 e. The second kappa shape index (κ2) is 5.56. The molecule has 2 N–H and O–H groups in total. The fourth-order valence-corrected chi connectivity index (χ4v) is 1.72. The van der Waals surface area contributed by atoms with Gasteiger partial charge in [0.2, 0.25) is 5.95 Å². The van der Waals surface area contributed by atoms with Gasteiger partial charge in [0, 0.05) is 24.5 Å². The Morgan fingerprint density at radius 3 is 2.58 bits per heavy atom. The van der Waals surface area contributed by atoms with Crippen molar-refractivity contribution >= 4 is 17.5 Å². The minimum absolute atomic E-state index is 0.597. The molecule has 1 heterocycles. The molecule has 0 amide bonds. The first kappa shape index (κ1) is 13.1. The summed E-state index contributed by atoms with van der Waals surface area (Å²) in [4.78, 5) is 8.57. The SMILES string of the molecule is CNc1ncc(C)c(Nc2ccc(OC)cc2C)n1. The monoisotopic (exact) mass is 258 g/mol. The third-order valence-electron chi connectivity index (χ3n) is 2.88. The quantitative estimate of drug-likeness (QED) is 0.883. The lowest BCUT2D eigenvalue weighted by Crippen LogP contribution is -2.03. The molecule has 19 heavy (non-hydrogen) atoms. The van der Waals surface area contributed by atoms with Crippen molar-refractivity contribution in [1.82, 2.24) is 9.97 Å². The maximum Gasteiger partial charge on any atom is 0.224 e. The first-order valence-corrected chi connectivity index (χ1v) is 6.07. The Kier molecular flexibility index (Phi) is 3.85.